The minimum Gasteiger partial charge on any atom is -0.381 e. The van der Waals surface area contributed by atoms with Crippen LogP contribution in [0.25, 0.3) is 28.2 Å². The number of fused-ring (bicyclic) bond motifs is 1. The molecule has 10 nitrogen and oxygen atoms in total. The summed E-state index contributed by atoms with van der Waals surface area (Å²) in [5.41, 5.74) is 2.86. The molecule has 0 spiro atoms. The molecule has 5 rings (SSSR count). The zero-order chi connectivity index (χ0) is 22.9. The molecule has 1 N–H and O–H groups in total. The van der Waals surface area contributed by atoms with E-state index in [1.54, 1.807) is 34.9 Å². The van der Waals surface area contributed by atoms with Crippen LogP contribution in [0.2, 0.25) is 0 Å². The number of aromatic nitrogens is 6. The number of benzene rings is 1. The fraction of sp³-hybridized carbons (Fsp3) is 0.318. The van der Waals surface area contributed by atoms with Gasteiger partial charge in [0, 0.05) is 51.2 Å². The van der Waals surface area contributed by atoms with Gasteiger partial charge in [-0.2, -0.15) is 10.1 Å². The second kappa shape index (κ2) is 8.58. The van der Waals surface area contributed by atoms with Gasteiger partial charge >= 0.3 is 0 Å². The first-order valence-corrected chi connectivity index (χ1v) is 10.6. The molecule has 0 radical (unpaired) electrons. The number of hydrogen-bond acceptors (Lipinski definition) is 7. The minimum atomic E-state index is -0.379. The average Bonchev–Trinajstić information content (AvgIpc) is 3.45. The number of nitrogens with zero attached hydrogens (tertiary/aromatic N) is 7. The van der Waals surface area contributed by atoms with E-state index in [9.17, 15) is 9.18 Å². The summed E-state index contributed by atoms with van der Waals surface area (Å²) >= 11 is 0. The molecule has 1 saturated heterocycles. The van der Waals surface area contributed by atoms with Crippen LogP contribution in [-0.4, -0.2) is 62.0 Å². The summed E-state index contributed by atoms with van der Waals surface area (Å²) in [7, 11) is 3.75. The summed E-state index contributed by atoms with van der Waals surface area (Å²) in [6, 6.07) is 4.55. The SMILES string of the molecule is CN(c1nc(-n2cnc3ccc(F)cc32)nc(-c2cnn(C)c2)c1NC=O)C1CCOCC1. The number of imidazole rings is 1. The molecular weight excluding hydrogens is 427 g/mol. The molecule has 4 aromatic rings. The Morgan fingerprint density at radius 2 is 2.09 bits per heavy atom. The average molecular weight is 450 g/mol. The Balaban J connectivity index is 1.74. The van der Waals surface area contributed by atoms with Crippen LogP contribution < -0.4 is 10.2 Å². The van der Waals surface area contributed by atoms with Crippen LogP contribution in [0.5, 0.6) is 0 Å². The minimum absolute atomic E-state index is 0.174. The first kappa shape index (κ1) is 21.0. The number of halogens is 1. The number of aryl methyl sites for hydroxylation is 1. The number of hydrogen-bond donors (Lipinski definition) is 1. The number of carbonyl (C=O) groups is 1. The molecule has 1 aliphatic rings. The second-order valence-electron chi connectivity index (χ2n) is 7.94. The molecule has 3 aromatic heterocycles. The van der Waals surface area contributed by atoms with E-state index in [1.807, 2.05) is 18.1 Å². The van der Waals surface area contributed by atoms with Crippen LogP contribution in [0.3, 0.4) is 0 Å². The molecule has 0 saturated carbocycles. The van der Waals surface area contributed by atoms with Crippen molar-refractivity contribution in [3.8, 4) is 17.2 Å². The fourth-order valence-electron chi connectivity index (χ4n) is 4.13. The van der Waals surface area contributed by atoms with Crippen LogP contribution in [-0.2, 0) is 16.6 Å². The summed E-state index contributed by atoms with van der Waals surface area (Å²) in [6.45, 7) is 1.31. The van der Waals surface area contributed by atoms with Crippen LogP contribution >= 0.6 is 0 Å². The van der Waals surface area contributed by atoms with Crippen molar-refractivity contribution in [2.45, 2.75) is 18.9 Å². The van der Waals surface area contributed by atoms with Gasteiger partial charge in [-0.05, 0) is 25.0 Å². The molecule has 0 atom stereocenters. The number of carbonyl (C=O) groups excluding carboxylic acids is 1. The van der Waals surface area contributed by atoms with E-state index in [2.05, 4.69) is 15.4 Å². The van der Waals surface area contributed by atoms with E-state index < -0.39 is 0 Å². The van der Waals surface area contributed by atoms with E-state index in [0.717, 1.165) is 12.8 Å². The summed E-state index contributed by atoms with van der Waals surface area (Å²) in [5, 5.41) is 7.04. The van der Waals surface area contributed by atoms with Crippen LogP contribution in [0.15, 0.2) is 36.9 Å². The van der Waals surface area contributed by atoms with Gasteiger partial charge in [-0.25, -0.2) is 14.4 Å². The van der Waals surface area contributed by atoms with Gasteiger partial charge in [0.2, 0.25) is 12.4 Å². The number of ether oxygens (including phenoxy) is 1. The third-order valence-electron chi connectivity index (χ3n) is 5.86. The summed E-state index contributed by atoms with van der Waals surface area (Å²) in [6.07, 6.45) is 7.33. The maximum absolute atomic E-state index is 14.0. The quantitative estimate of drug-likeness (QED) is 0.450. The maximum Gasteiger partial charge on any atom is 0.238 e. The summed E-state index contributed by atoms with van der Waals surface area (Å²) in [4.78, 5) is 27.5. The Morgan fingerprint density at radius 1 is 1.27 bits per heavy atom. The fourth-order valence-corrected chi connectivity index (χ4v) is 4.13. The predicted octanol–water partition coefficient (Wildman–Crippen LogP) is 2.54. The Kier molecular flexibility index (Phi) is 5.47. The zero-order valence-electron chi connectivity index (χ0n) is 18.3. The Morgan fingerprint density at radius 3 is 2.82 bits per heavy atom. The van der Waals surface area contributed by atoms with Crippen molar-refractivity contribution in [1.82, 2.24) is 29.3 Å². The maximum atomic E-state index is 14.0. The second-order valence-corrected chi connectivity index (χ2v) is 7.94. The van der Waals surface area contributed by atoms with Gasteiger partial charge in [0.1, 0.15) is 23.5 Å². The van der Waals surface area contributed by atoms with Crippen molar-refractivity contribution < 1.29 is 13.9 Å². The molecule has 0 unspecified atom stereocenters. The number of amides is 1. The van der Waals surface area contributed by atoms with Crippen molar-refractivity contribution in [1.29, 1.82) is 0 Å². The molecule has 4 heterocycles. The molecule has 1 fully saturated rings. The van der Waals surface area contributed by atoms with Crippen molar-refractivity contribution in [3.63, 3.8) is 0 Å². The lowest BCUT2D eigenvalue weighted by Crippen LogP contribution is -2.37. The lowest BCUT2D eigenvalue weighted by Gasteiger charge is -2.33. The third-order valence-corrected chi connectivity index (χ3v) is 5.86. The molecule has 11 heteroatoms. The standard InChI is InChI=1S/C22H23FN8O2/c1-29-11-14(10-26-29)19-20(25-13-32)21(30(2)16-5-7-33-8-6-16)28-22(27-19)31-12-24-17-4-3-15(23)9-18(17)31/h3-4,9-13,16H,5-8H2,1-2H3,(H,25,32). The highest BCUT2D eigenvalue weighted by atomic mass is 19.1. The largest absolute Gasteiger partial charge is 0.381 e. The summed E-state index contributed by atoms with van der Waals surface area (Å²) in [5.74, 6) is 0.485. The highest BCUT2D eigenvalue weighted by Crippen LogP contribution is 2.36. The zero-order valence-corrected chi connectivity index (χ0v) is 18.3. The number of nitrogens with one attached hydrogen (secondary N) is 1. The molecule has 1 aliphatic heterocycles. The van der Waals surface area contributed by atoms with E-state index in [4.69, 9.17) is 14.7 Å². The van der Waals surface area contributed by atoms with Gasteiger partial charge in [-0.1, -0.05) is 0 Å². The van der Waals surface area contributed by atoms with E-state index in [-0.39, 0.29) is 11.9 Å². The lowest BCUT2D eigenvalue weighted by molar-refractivity contribution is -0.105. The summed E-state index contributed by atoms with van der Waals surface area (Å²) < 4.78 is 22.8. The third kappa shape index (κ3) is 3.91. The molecule has 1 amide bonds. The predicted molar refractivity (Wildman–Crippen MR) is 121 cm³/mol. The highest BCUT2D eigenvalue weighted by molar-refractivity contribution is 5.90. The number of rotatable bonds is 6. The molecule has 170 valence electrons. The number of anilines is 2. The van der Waals surface area contributed by atoms with Crippen molar-refractivity contribution in [3.05, 3.63) is 42.7 Å². The van der Waals surface area contributed by atoms with Gasteiger partial charge in [0.05, 0.1) is 17.2 Å². The molecular formula is C22H23FN8O2. The Hall–Kier alpha value is -3.86. The first-order valence-electron chi connectivity index (χ1n) is 10.6. The molecule has 0 aliphatic carbocycles. The first-order chi connectivity index (χ1) is 16.0. The highest BCUT2D eigenvalue weighted by Gasteiger charge is 2.26. The van der Waals surface area contributed by atoms with E-state index >= 15 is 0 Å². The normalized spacial score (nSPS) is 14.5. The molecule has 33 heavy (non-hydrogen) atoms. The van der Waals surface area contributed by atoms with Gasteiger partial charge in [0.15, 0.2) is 5.82 Å². The monoisotopic (exact) mass is 450 g/mol. The van der Waals surface area contributed by atoms with Gasteiger partial charge in [-0.15, -0.1) is 0 Å². The molecule has 0 bridgehead atoms. The molecule has 1 aromatic carbocycles. The van der Waals surface area contributed by atoms with Gasteiger partial charge in [0.25, 0.3) is 0 Å². The van der Waals surface area contributed by atoms with Crippen molar-refractivity contribution in [2.24, 2.45) is 7.05 Å². The Labute approximate surface area is 189 Å². The van der Waals surface area contributed by atoms with Gasteiger partial charge in [-0.3, -0.25) is 14.0 Å². The van der Waals surface area contributed by atoms with Crippen molar-refractivity contribution >= 4 is 28.9 Å². The van der Waals surface area contributed by atoms with Crippen LogP contribution in [0.4, 0.5) is 15.9 Å². The van der Waals surface area contributed by atoms with Crippen LogP contribution in [0, 0.1) is 5.82 Å². The smallest absolute Gasteiger partial charge is 0.238 e. The van der Waals surface area contributed by atoms with Gasteiger partial charge < -0.3 is 15.0 Å². The lowest BCUT2D eigenvalue weighted by atomic mass is 10.1. The van der Waals surface area contributed by atoms with Crippen LogP contribution in [0.1, 0.15) is 12.8 Å². The van der Waals surface area contributed by atoms with E-state index in [1.165, 1.54) is 12.1 Å². The van der Waals surface area contributed by atoms with E-state index in [0.29, 0.717) is 59.4 Å². The Bertz CT molecular complexity index is 1310. The van der Waals surface area contributed by atoms with Crippen molar-refractivity contribution in [2.75, 3.05) is 30.5 Å². The topological polar surface area (TPSA) is 103 Å².